The molecular weight excluding hydrogens is 421 g/mol. The number of carbonyl (C=O) groups is 2. The molecule has 1 aromatic carbocycles. The van der Waals surface area contributed by atoms with Gasteiger partial charge in [-0.2, -0.15) is 13.2 Å². The predicted octanol–water partition coefficient (Wildman–Crippen LogP) is 3.03. The maximum Gasteiger partial charge on any atom is 0.417 e. The molecule has 0 atom stereocenters. The van der Waals surface area contributed by atoms with Gasteiger partial charge in [0, 0.05) is 12.3 Å². The molecule has 0 bridgehead atoms. The van der Waals surface area contributed by atoms with Crippen LogP contribution in [0.3, 0.4) is 0 Å². The summed E-state index contributed by atoms with van der Waals surface area (Å²) < 4.78 is 42.9. The van der Waals surface area contributed by atoms with Crippen LogP contribution in [0, 0.1) is 10.1 Å². The smallest absolute Gasteiger partial charge is 0.417 e. The highest BCUT2D eigenvalue weighted by Crippen LogP contribution is 2.35. The molecule has 13 heteroatoms. The number of hydrogen-bond acceptors (Lipinski definition) is 7. The molecule has 2 heterocycles. The molecule has 3 rings (SSSR count). The summed E-state index contributed by atoms with van der Waals surface area (Å²) in [6.45, 7) is -0.717. The highest BCUT2D eigenvalue weighted by atomic mass is 35.5. The maximum atomic E-state index is 12.6. The van der Waals surface area contributed by atoms with Gasteiger partial charge in [0.05, 0.1) is 33.8 Å². The van der Waals surface area contributed by atoms with E-state index < -0.39 is 40.1 Å². The van der Waals surface area contributed by atoms with Crippen molar-refractivity contribution >= 4 is 40.7 Å². The topological polar surface area (TPSA) is 115 Å². The van der Waals surface area contributed by atoms with Gasteiger partial charge in [-0.25, -0.2) is 9.78 Å². The van der Waals surface area contributed by atoms with Crippen molar-refractivity contribution in [3.63, 3.8) is 0 Å². The second-order valence-corrected chi connectivity index (χ2v) is 6.25. The van der Waals surface area contributed by atoms with Crippen molar-refractivity contribution in [2.45, 2.75) is 6.18 Å². The van der Waals surface area contributed by atoms with Gasteiger partial charge in [-0.3, -0.25) is 14.9 Å². The van der Waals surface area contributed by atoms with Gasteiger partial charge >= 0.3 is 12.1 Å². The number of nitrogens with zero attached hydrogens (tertiary/aromatic N) is 3. The number of ether oxygens (including phenoxy) is 1. The van der Waals surface area contributed by atoms with Crippen LogP contribution in [0.5, 0.6) is 5.75 Å². The van der Waals surface area contributed by atoms with Gasteiger partial charge in [-0.05, 0) is 12.1 Å². The molecule has 2 aromatic rings. The van der Waals surface area contributed by atoms with Gasteiger partial charge < -0.3 is 15.0 Å². The van der Waals surface area contributed by atoms with Crippen molar-refractivity contribution in [1.82, 2.24) is 4.98 Å². The van der Waals surface area contributed by atoms with Crippen LogP contribution in [-0.2, 0) is 15.8 Å². The molecular formula is C16H10ClF3N4O5. The number of fused-ring (bicyclic) bond motifs is 1. The van der Waals surface area contributed by atoms with Gasteiger partial charge in [0.25, 0.3) is 5.69 Å². The number of non-ortho nitro benzene ring substituents is 1. The lowest BCUT2D eigenvalue weighted by molar-refractivity contribution is -0.384. The molecule has 0 radical (unpaired) electrons. The average Bonchev–Trinajstić information content (AvgIpc) is 2.61. The lowest BCUT2D eigenvalue weighted by Gasteiger charge is -2.28. The van der Waals surface area contributed by atoms with Crippen molar-refractivity contribution in [3.8, 4) is 5.75 Å². The van der Waals surface area contributed by atoms with Crippen molar-refractivity contribution < 1.29 is 32.4 Å². The SMILES string of the molecule is O=C(CN1CC(=O)Oc2cc([N+](=O)[O-])ccc21)Nc1ncc(C(F)(F)F)cc1Cl. The van der Waals surface area contributed by atoms with Gasteiger partial charge in [0.2, 0.25) is 5.91 Å². The van der Waals surface area contributed by atoms with Crippen LogP contribution >= 0.6 is 11.6 Å². The standard InChI is InChI=1S/C16H10ClF3N4O5/c17-10-3-8(16(18,19)20)5-21-15(10)22-13(25)6-23-7-14(26)29-12-4-9(24(27)28)1-2-11(12)23/h1-5H,6-7H2,(H,21,22,25). The summed E-state index contributed by atoms with van der Waals surface area (Å²) >= 11 is 5.74. The summed E-state index contributed by atoms with van der Waals surface area (Å²) in [5.74, 6) is -1.84. The Hall–Kier alpha value is -3.41. The zero-order chi connectivity index (χ0) is 21.3. The molecule has 0 spiro atoms. The Morgan fingerprint density at radius 3 is 2.72 bits per heavy atom. The Bertz CT molecular complexity index is 1010. The monoisotopic (exact) mass is 430 g/mol. The number of nitro benzene ring substituents is 1. The van der Waals surface area contributed by atoms with Crippen molar-refractivity contribution in [2.75, 3.05) is 23.3 Å². The van der Waals surface area contributed by atoms with Crippen LogP contribution in [0.2, 0.25) is 5.02 Å². The second kappa shape index (κ2) is 7.54. The number of rotatable bonds is 4. The Balaban J connectivity index is 1.76. The molecule has 1 aromatic heterocycles. The number of hydrogen-bond donors (Lipinski definition) is 1. The number of pyridine rings is 1. The summed E-state index contributed by atoms with van der Waals surface area (Å²) in [4.78, 5) is 39.0. The first kappa shape index (κ1) is 20.3. The van der Waals surface area contributed by atoms with E-state index in [0.29, 0.717) is 12.3 Å². The summed E-state index contributed by atoms with van der Waals surface area (Å²) in [5, 5.41) is 12.7. The Kier molecular flexibility index (Phi) is 5.29. The highest BCUT2D eigenvalue weighted by molar-refractivity contribution is 6.33. The summed E-state index contributed by atoms with van der Waals surface area (Å²) in [7, 11) is 0. The fourth-order valence-electron chi connectivity index (χ4n) is 2.53. The third kappa shape index (κ3) is 4.54. The number of nitro groups is 1. The zero-order valence-electron chi connectivity index (χ0n) is 14.2. The van der Waals surface area contributed by atoms with Gasteiger partial charge in [-0.15, -0.1) is 0 Å². The first-order valence-electron chi connectivity index (χ1n) is 7.81. The Labute approximate surface area is 165 Å². The quantitative estimate of drug-likeness (QED) is 0.343. The summed E-state index contributed by atoms with van der Waals surface area (Å²) in [6.07, 6.45) is -4.12. The number of benzene rings is 1. The van der Waals surface area contributed by atoms with Gasteiger partial charge in [0.1, 0.15) is 6.54 Å². The normalized spacial score (nSPS) is 13.5. The van der Waals surface area contributed by atoms with Crippen LogP contribution in [-0.4, -0.2) is 34.9 Å². The number of carbonyl (C=O) groups excluding carboxylic acids is 2. The minimum absolute atomic E-state index is 0.0889. The number of halogens is 4. The fourth-order valence-corrected chi connectivity index (χ4v) is 2.74. The van der Waals surface area contributed by atoms with Crippen LogP contribution < -0.4 is 15.0 Å². The number of aromatic nitrogens is 1. The van der Waals surface area contributed by atoms with Crippen molar-refractivity contribution in [1.29, 1.82) is 0 Å². The zero-order valence-corrected chi connectivity index (χ0v) is 15.0. The molecule has 0 fully saturated rings. The van der Waals surface area contributed by atoms with Crippen LogP contribution in [0.15, 0.2) is 30.5 Å². The van der Waals surface area contributed by atoms with E-state index >= 15 is 0 Å². The molecule has 0 saturated carbocycles. The van der Waals surface area contributed by atoms with E-state index in [1.165, 1.54) is 17.0 Å². The molecule has 1 aliphatic heterocycles. The molecule has 0 aliphatic carbocycles. The van der Waals surface area contributed by atoms with Crippen LogP contribution in [0.1, 0.15) is 5.56 Å². The Morgan fingerprint density at radius 1 is 1.38 bits per heavy atom. The van der Waals surface area contributed by atoms with Crippen LogP contribution in [0.4, 0.5) is 30.4 Å². The third-order valence-corrected chi connectivity index (χ3v) is 4.09. The van der Waals surface area contributed by atoms with E-state index in [9.17, 15) is 32.9 Å². The van der Waals surface area contributed by atoms with Gasteiger partial charge in [0.15, 0.2) is 11.6 Å². The van der Waals surface area contributed by atoms with E-state index in [1.54, 1.807) is 0 Å². The second-order valence-electron chi connectivity index (χ2n) is 5.84. The lowest BCUT2D eigenvalue weighted by Crippen LogP contribution is -2.41. The lowest BCUT2D eigenvalue weighted by atomic mass is 10.2. The third-order valence-electron chi connectivity index (χ3n) is 3.80. The van der Waals surface area contributed by atoms with E-state index in [0.717, 1.165) is 6.07 Å². The molecule has 9 nitrogen and oxygen atoms in total. The molecule has 1 N–H and O–H groups in total. The Morgan fingerprint density at radius 2 is 2.10 bits per heavy atom. The first-order chi connectivity index (χ1) is 13.5. The van der Waals surface area contributed by atoms with Gasteiger partial charge in [-0.1, -0.05) is 11.6 Å². The molecule has 29 heavy (non-hydrogen) atoms. The molecule has 0 unspecified atom stereocenters. The van der Waals surface area contributed by atoms with Crippen molar-refractivity contribution in [3.05, 3.63) is 51.2 Å². The summed E-state index contributed by atoms with van der Waals surface area (Å²) in [6, 6.07) is 4.16. The summed E-state index contributed by atoms with van der Waals surface area (Å²) in [5.41, 5.74) is -1.12. The largest absolute Gasteiger partial charge is 0.423 e. The number of anilines is 2. The molecule has 152 valence electrons. The maximum absolute atomic E-state index is 12.6. The minimum Gasteiger partial charge on any atom is -0.423 e. The number of esters is 1. The fraction of sp³-hybridized carbons (Fsp3) is 0.188. The number of amides is 1. The minimum atomic E-state index is -4.64. The average molecular weight is 431 g/mol. The van der Waals surface area contributed by atoms with E-state index in [2.05, 4.69) is 10.3 Å². The molecule has 0 saturated heterocycles. The predicted molar refractivity (Wildman–Crippen MR) is 93.8 cm³/mol. The first-order valence-corrected chi connectivity index (χ1v) is 8.19. The van der Waals surface area contributed by atoms with E-state index in [4.69, 9.17) is 16.3 Å². The highest BCUT2D eigenvalue weighted by Gasteiger charge is 2.32. The molecule has 1 amide bonds. The molecule has 1 aliphatic rings. The van der Waals surface area contributed by atoms with E-state index in [-0.39, 0.29) is 29.5 Å². The number of nitrogens with one attached hydrogen (secondary N) is 1. The van der Waals surface area contributed by atoms with Crippen LogP contribution in [0.25, 0.3) is 0 Å². The number of alkyl halides is 3. The van der Waals surface area contributed by atoms with Crippen molar-refractivity contribution in [2.24, 2.45) is 0 Å². The van der Waals surface area contributed by atoms with E-state index in [1.807, 2.05) is 0 Å².